The van der Waals surface area contributed by atoms with Gasteiger partial charge in [-0.2, -0.15) is 0 Å². The largest absolute Gasteiger partial charge is 0.324 e. The number of hydrogen-bond donors (Lipinski definition) is 0. The van der Waals surface area contributed by atoms with E-state index in [9.17, 15) is 4.57 Å². The maximum absolute atomic E-state index is 11.5. The first-order valence-electron chi connectivity index (χ1n) is 4.04. The lowest BCUT2D eigenvalue weighted by atomic mass is 10.3. The molecule has 2 nitrogen and oxygen atoms in total. The van der Waals surface area contributed by atoms with Crippen LogP contribution in [-0.2, 0) is 10.7 Å². The van der Waals surface area contributed by atoms with E-state index in [4.69, 9.17) is 0 Å². The molecule has 1 heterocycles. The first-order valence-corrected chi connectivity index (χ1v) is 7.62. The van der Waals surface area contributed by atoms with Crippen molar-refractivity contribution in [2.45, 2.75) is 13.1 Å². The van der Waals surface area contributed by atoms with Crippen LogP contribution < -0.4 is 0 Å². The van der Waals surface area contributed by atoms with Gasteiger partial charge in [-0.3, -0.25) is 4.98 Å². The van der Waals surface area contributed by atoms with Gasteiger partial charge in [0.25, 0.3) is 0 Å². The molecular weight excluding hydrogens is 249 g/mol. The molecule has 0 aliphatic rings. The van der Waals surface area contributed by atoms with Crippen LogP contribution in [0.3, 0.4) is 0 Å². The highest BCUT2D eigenvalue weighted by atomic mass is 79.9. The normalized spacial score (nSPS) is 11.7. The van der Waals surface area contributed by atoms with Crippen molar-refractivity contribution >= 4 is 23.1 Å². The van der Waals surface area contributed by atoms with Crippen LogP contribution in [0.1, 0.15) is 11.4 Å². The zero-order chi connectivity index (χ0) is 10.1. The summed E-state index contributed by atoms with van der Waals surface area (Å²) in [6.45, 7) is 5.50. The summed E-state index contributed by atoms with van der Waals surface area (Å²) in [6.07, 6.45) is 0.584. The lowest BCUT2D eigenvalue weighted by Gasteiger charge is -2.06. The lowest BCUT2D eigenvalue weighted by Crippen LogP contribution is -1.93. The summed E-state index contributed by atoms with van der Waals surface area (Å²) < 4.78 is 12.5. The molecule has 0 spiro atoms. The minimum absolute atomic E-state index is 0.584. The van der Waals surface area contributed by atoms with Crippen LogP contribution in [0.2, 0.25) is 0 Å². The summed E-state index contributed by atoms with van der Waals surface area (Å²) in [4.78, 5) is 4.34. The van der Waals surface area contributed by atoms with Crippen LogP contribution in [-0.4, -0.2) is 18.3 Å². The highest BCUT2D eigenvalue weighted by Crippen LogP contribution is 2.39. The molecule has 0 N–H and O–H groups in total. The molecule has 1 rings (SSSR count). The Bertz CT molecular complexity index is 359. The smallest absolute Gasteiger partial charge is 0.0876 e. The van der Waals surface area contributed by atoms with Crippen molar-refractivity contribution in [2.75, 3.05) is 13.3 Å². The Hall–Kier alpha value is -0.140. The van der Waals surface area contributed by atoms with Gasteiger partial charge in [-0.1, -0.05) is 0 Å². The number of halogens is 1. The van der Waals surface area contributed by atoms with Gasteiger partial charge < -0.3 is 4.57 Å². The van der Waals surface area contributed by atoms with Gasteiger partial charge in [-0.15, -0.1) is 0 Å². The standard InChI is InChI=1S/C9H13BrNOP/c1-7-9(10)5-4-8(11-7)6-13(2,3)12/h4-5H,6H2,1-3H3. The highest BCUT2D eigenvalue weighted by Gasteiger charge is 2.09. The second-order valence-corrected chi connectivity index (χ2v) is 7.92. The third-order valence-electron chi connectivity index (χ3n) is 1.62. The Labute approximate surface area is 87.3 Å². The van der Waals surface area contributed by atoms with E-state index < -0.39 is 7.14 Å². The fraction of sp³-hybridized carbons (Fsp3) is 0.444. The zero-order valence-corrected chi connectivity index (χ0v) is 10.5. The van der Waals surface area contributed by atoms with E-state index in [0.29, 0.717) is 6.16 Å². The van der Waals surface area contributed by atoms with E-state index in [1.165, 1.54) is 0 Å². The number of pyridine rings is 1. The van der Waals surface area contributed by atoms with Gasteiger partial charge in [-0.25, -0.2) is 0 Å². The first-order chi connectivity index (χ1) is 5.88. The molecule has 0 saturated carbocycles. The fourth-order valence-corrected chi connectivity index (χ4v) is 2.25. The van der Waals surface area contributed by atoms with E-state index in [1.54, 1.807) is 13.3 Å². The first kappa shape index (κ1) is 10.9. The van der Waals surface area contributed by atoms with Crippen LogP contribution in [0.5, 0.6) is 0 Å². The molecule has 0 aliphatic carbocycles. The summed E-state index contributed by atoms with van der Waals surface area (Å²) in [5.41, 5.74) is 1.86. The summed E-state index contributed by atoms with van der Waals surface area (Å²) >= 11 is 3.38. The second-order valence-electron chi connectivity index (χ2n) is 3.60. The molecule has 13 heavy (non-hydrogen) atoms. The van der Waals surface area contributed by atoms with Crippen LogP contribution in [0.25, 0.3) is 0 Å². The number of rotatable bonds is 2. The van der Waals surface area contributed by atoms with Gasteiger partial charge >= 0.3 is 0 Å². The maximum Gasteiger partial charge on any atom is 0.0876 e. The van der Waals surface area contributed by atoms with Crippen molar-refractivity contribution in [3.05, 3.63) is 28.0 Å². The molecule has 4 heteroatoms. The molecule has 0 fully saturated rings. The van der Waals surface area contributed by atoms with E-state index in [2.05, 4.69) is 20.9 Å². The van der Waals surface area contributed by atoms with Gasteiger partial charge in [0.15, 0.2) is 0 Å². The monoisotopic (exact) mass is 261 g/mol. The molecule has 0 aromatic carbocycles. The Morgan fingerprint density at radius 2 is 2.08 bits per heavy atom. The predicted octanol–water partition coefficient (Wildman–Crippen LogP) is 3.28. The number of aromatic nitrogens is 1. The van der Waals surface area contributed by atoms with Crippen molar-refractivity contribution in [1.82, 2.24) is 4.98 Å². The Kier molecular flexibility index (Phi) is 3.31. The topological polar surface area (TPSA) is 30.0 Å². The molecule has 72 valence electrons. The van der Waals surface area contributed by atoms with E-state index in [-0.39, 0.29) is 0 Å². The summed E-state index contributed by atoms with van der Waals surface area (Å²) in [7, 11) is -2.00. The molecule has 0 amide bonds. The Morgan fingerprint density at radius 3 is 2.54 bits per heavy atom. The van der Waals surface area contributed by atoms with Gasteiger partial charge in [0.1, 0.15) is 0 Å². The van der Waals surface area contributed by atoms with Crippen LogP contribution in [0.15, 0.2) is 16.6 Å². The molecule has 0 bridgehead atoms. The second kappa shape index (κ2) is 3.93. The third kappa shape index (κ3) is 3.61. The molecule has 1 aromatic heterocycles. The van der Waals surface area contributed by atoms with Crippen molar-refractivity contribution in [3.8, 4) is 0 Å². The maximum atomic E-state index is 11.5. The SMILES string of the molecule is Cc1nc(CP(C)(C)=O)ccc1Br. The average molecular weight is 262 g/mol. The summed E-state index contributed by atoms with van der Waals surface area (Å²) in [5.74, 6) is 0. The van der Waals surface area contributed by atoms with Crippen molar-refractivity contribution in [3.63, 3.8) is 0 Å². The molecule has 0 atom stereocenters. The van der Waals surface area contributed by atoms with Crippen molar-refractivity contribution < 1.29 is 4.57 Å². The van der Waals surface area contributed by atoms with Gasteiger partial charge in [-0.05, 0) is 48.3 Å². The van der Waals surface area contributed by atoms with Crippen LogP contribution in [0.4, 0.5) is 0 Å². The fourth-order valence-electron chi connectivity index (χ4n) is 1.07. The molecule has 1 aromatic rings. The average Bonchev–Trinajstić information content (AvgIpc) is 1.94. The summed E-state index contributed by atoms with van der Waals surface area (Å²) in [6, 6.07) is 3.87. The quantitative estimate of drug-likeness (QED) is 0.765. The van der Waals surface area contributed by atoms with Gasteiger partial charge in [0.05, 0.1) is 12.8 Å². The highest BCUT2D eigenvalue weighted by molar-refractivity contribution is 9.10. The lowest BCUT2D eigenvalue weighted by molar-refractivity contribution is 0.581. The third-order valence-corrected chi connectivity index (χ3v) is 3.55. The van der Waals surface area contributed by atoms with Crippen LogP contribution >= 0.6 is 23.1 Å². The molecule has 0 saturated heterocycles. The van der Waals surface area contributed by atoms with E-state index in [1.807, 2.05) is 19.1 Å². The van der Waals surface area contributed by atoms with Gasteiger partial charge in [0, 0.05) is 16.3 Å². The van der Waals surface area contributed by atoms with Crippen molar-refractivity contribution in [1.29, 1.82) is 0 Å². The van der Waals surface area contributed by atoms with Crippen LogP contribution in [0, 0.1) is 6.92 Å². The molecule has 0 radical (unpaired) electrons. The molecular formula is C9H13BrNOP. The van der Waals surface area contributed by atoms with Crippen molar-refractivity contribution in [2.24, 2.45) is 0 Å². The summed E-state index contributed by atoms with van der Waals surface area (Å²) in [5, 5.41) is 0. The zero-order valence-electron chi connectivity index (χ0n) is 8.04. The predicted molar refractivity (Wildman–Crippen MR) is 59.8 cm³/mol. The van der Waals surface area contributed by atoms with Gasteiger partial charge in [0.2, 0.25) is 0 Å². The Morgan fingerprint density at radius 1 is 1.46 bits per heavy atom. The number of nitrogens with zero attached hydrogens (tertiary/aromatic N) is 1. The number of aryl methyl sites for hydroxylation is 1. The van der Waals surface area contributed by atoms with E-state index in [0.717, 1.165) is 15.9 Å². The minimum atomic E-state index is -2.00. The number of hydrogen-bond acceptors (Lipinski definition) is 2. The molecule has 0 unspecified atom stereocenters. The molecule has 0 aliphatic heterocycles. The minimum Gasteiger partial charge on any atom is -0.324 e. The van der Waals surface area contributed by atoms with E-state index >= 15 is 0 Å². The Balaban J connectivity index is 2.92.